The molecule has 1 aromatic heterocycles. The van der Waals surface area contributed by atoms with Crippen LogP contribution >= 0.6 is 0 Å². The van der Waals surface area contributed by atoms with Gasteiger partial charge in [0.1, 0.15) is 0 Å². The lowest BCUT2D eigenvalue weighted by Crippen LogP contribution is -2.14. The number of carbonyl (C=O) groups is 1. The molecule has 35 heavy (non-hydrogen) atoms. The van der Waals surface area contributed by atoms with E-state index in [1.807, 2.05) is 36.4 Å². The quantitative estimate of drug-likeness (QED) is 0.264. The van der Waals surface area contributed by atoms with Gasteiger partial charge in [0.15, 0.2) is 11.6 Å². The van der Waals surface area contributed by atoms with Crippen molar-refractivity contribution in [2.45, 2.75) is 4.90 Å². The molecule has 2 N–H and O–H groups in total. The van der Waals surface area contributed by atoms with Crippen molar-refractivity contribution in [2.75, 3.05) is 24.3 Å². The maximum Gasteiger partial charge on any atom is 0.321 e. The summed E-state index contributed by atoms with van der Waals surface area (Å²) >= 11 is 0. The van der Waals surface area contributed by atoms with Crippen molar-refractivity contribution in [2.24, 2.45) is 0 Å². The third kappa shape index (κ3) is 5.74. The van der Waals surface area contributed by atoms with Crippen LogP contribution in [0.3, 0.4) is 0 Å². The average Bonchev–Trinajstić information content (AvgIpc) is 2.88. The predicted octanol–water partition coefficient (Wildman–Crippen LogP) is 4.26. The summed E-state index contributed by atoms with van der Waals surface area (Å²) in [6, 6.07) is 20.7. The van der Waals surface area contributed by atoms with Gasteiger partial charge in [-0.2, -0.15) is 9.97 Å². The Kier molecular flexibility index (Phi) is 6.93. The van der Waals surface area contributed by atoms with Crippen molar-refractivity contribution in [3.8, 4) is 11.9 Å². The maximum atomic E-state index is 12.7. The fourth-order valence-electron chi connectivity index (χ4n) is 3.23. The van der Waals surface area contributed by atoms with E-state index in [9.17, 15) is 13.2 Å². The lowest BCUT2D eigenvalue weighted by Gasteiger charge is -2.10. The van der Waals surface area contributed by atoms with Gasteiger partial charge in [0.25, 0.3) is 10.0 Å². The molecule has 0 unspecified atom stereocenters. The van der Waals surface area contributed by atoms with Gasteiger partial charge in [0.05, 0.1) is 19.1 Å². The van der Waals surface area contributed by atoms with Crippen LogP contribution in [0.1, 0.15) is 10.4 Å². The number of sulfonamides is 1. The van der Waals surface area contributed by atoms with Gasteiger partial charge in [0, 0.05) is 29.6 Å². The highest BCUT2D eigenvalue weighted by Gasteiger charge is 2.16. The number of ether oxygens (including phenoxy) is 2. The lowest BCUT2D eigenvalue weighted by molar-refractivity contribution is 0.104. The Bertz CT molecular complexity index is 1480. The van der Waals surface area contributed by atoms with Crippen molar-refractivity contribution >= 4 is 38.1 Å². The first-order valence-electron chi connectivity index (χ1n) is 10.4. The molecule has 4 rings (SSSR count). The van der Waals surface area contributed by atoms with Gasteiger partial charge in [-0.3, -0.25) is 9.52 Å². The molecule has 0 aliphatic carbocycles. The zero-order chi connectivity index (χ0) is 24.8. The van der Waals surface area contributed by atoms with Gasteiger partial charge in [-0.15, -0.1) is 0 Å². The molecule has 0 atom stereocenters. The van der Waals surface area contributed by atoms with Crippen molar-refractivity contribution in [3.05, 3.63) is 90.6 Å². The van der Waals surface area contributed by atoms with Crippen LogP contribution in [0.15, 0.2) is 90.0 Å². The zero-order valence-corrected chi connectivity index (χ0v) is 19.7. The Labute approximate surface area is 202 Å². The molecule has 178 valence electrons. The largest absolute Gasteiger partial charge is 0.481 e. The number of nitrogens with zero attached hydrogens (tertiary/aromatic N) is 2. The standard InChI is InChI=1S/C25H22N4O5S/c1-33-24-16-23(27-25(28-24)34-2)29-35(31,32)21-11-9-20(10-12-21)26-14-13-22(30)19-8-7-17-5-3-4-6-18(17)15-19/h3-16,26H,1-2H3,(H,27,28,29). The number of rotatable bonds is 9. The number of carbonyl (C=O) groups excluding carboxylic acids is 1. The summed E-state index contributed by atoms with van der Waals surface area (Å²) in [7, 11) is -1.16. The molecule has 0 amide bonds. The molecule has 1 heterocycles. The third-order valence-electron chi connectivity index (χ3n) is 5.00. The predicted molar refractivity (Wildman–Crippen MR) is 133 cm³/mol. The first kappa shape index (κ1) is 23.7. The van der Waals surface area contributed by atoms with Crippen LogP contribution < -0.4 is 19.5 Å². The second-order valence-corrected chi connectivity index (χ2v) is 9.00. The Morgan fingerprint density at radius 3 is 2.34 bits per heavy atom. The molecule has 4 aromatic rings. The number of fused-ring (bicyclic) bond motifs is 1. The Balaban J connectivity index is 1.41. The molecule has 3 aromatic carbocycles. The van der Waals surface area contributed by atoms with Gasteiger partial charge in [0.2, 0.25) is 5.88 Å². The number of allylic oxidation sites excluding steroid dienone is 1. The van der Waals surface area contributed by atoms with Gasteiger partial charge in [-0.05, 0) is 41.1 Å². The van der Waals surface area contributed by atoms with E-state index in [1.165, 1.54) is 44.7 Å². The molecule has 0 bridgehead atoms. The maximum absolute atomic E-state index is 12.7. The number of ketones is 1. The van der Waals surface area contributed by atoms with Crippen LogP contribution in [-0.4, -0.2) is 38.4 Å². The number of hydrogen-bond acceptors (Lipinski definition) is 8. The highest BCUT2D eigenvalue weighted by Crippen LogP contribution is 2.22. The van der Waals surface area contributed by atoms with Crippen molar-refractivity contribution < 1.29 is 22.7 Å². The Hall–Kier alpha value is -4.44. The molecule has 0 aliphatic rings. The molecule has 10 heteroatoms. The van der Waals surface area contributed by atoms with E-state index in [0.717, 1.165) is 10.8 Å². The smallest absolute Gasteiger partial charge is 0.321 e. The minimum absolute atomic E-state index is 0.00559. The molecule has 9 nitrogen and oxygen atoms in total. The molecule has 0 saturated heterocycles. The Morgan fingerprint density at radius 1 is 0.886 bits per heavy atom. The highest BCUT2D eigenvalue weighted by molar-refractivity contribution is 7.92. The van der Waals surface area contributed by atoms with Crippen LogP contribution in [0.25, 0.3) is 10.8 Å². The minimum Gasteiger partial charge on any atom is -0.481 e. The Morgan fingerprint density at radius 2 is 1.63 bits per heavy atom. The third-order valence-corrected chi connectivity index (χ3v) is 6.37. The number of methoxy groups -OCH3 is 2. The number of benzene rings is 3. The number of aromatic nitrogens is 2. The van der Waals surface area contributed by atoms with E-state index in [0.29, 0.717) is 11.3 Å². The summed E-state index contributed by atoms with van der Waals surface area (Å²) in [5.74, 6) is 0.00696. The molecular weight excluding hydrogens is 468 g/mol. The monoisotopic (exact) mass is 490 g/mol. The lowest BCUT2D eigenvalue weighted by atomic mass is 10.0. The summed E-state index contributed by atoms with van der Waals surface area (Å²) in [5, 5.41) is 5.02. The molecule has 0 aliphatic heterocycles. The molecule has 0 fully saturated rings. The number of anilines is 2. The molecule has 0 radical (unpaired) electrons. The van der Waals surface area contributed by atoms with Crippen LogP contribution in [0, 0.1) is 0 Å². The summed E-state index contributed by atoms with van der Waals surface area (Å²) in [6.45, 7) is 0. The fraction of sp³-hybridized carbons (Fsp3) is 0.0800. The normalized spacial score (nSPS) is 11.4. The summed E-state index contributed by atoms with van der Waals surface area (Å²) in [4.78, 5) is 20.4. The number of hydrogen-bond donors (Lipinski definition) is 2. The first-order chi connectivity index (χ1) is 16.9. The van der Waals surface area contributed by atoms with Crippen LogP contribution in [0.5, 0.6) is 11.9 Å². The molecular formula is C25H22N4O5S. The van der Waals surface area contributed by atoms with E-state index in [-0.39, 0.29) is 28.4 Å². The van der Waals surface area contributed by atoms with Gasteiger partial charge in [-0.25, -0.2) is 8.42 Å². The summed E-state index contributed by atoms with van der Waals surface area (Å²) in [6.07, 6.45) is 2.94. The second-order valence-electron chi connectivity index (χ2n) is 7.32. The van der Waals surface area contributed by atoms with Gasteiger partial charge < -0.3 is 14.8 Å². The fourth-order valence-corrected chi connectivity index (χ4v) is 4.22. The van der Waals surface area contributed by atoms with Crippen molar-refractivity contribution in [3.63, 3.8) is 0 Å². The summed E-state index contributed by atoms with van der Waals surface area (Å²) in [5.41, 5.74) is 1.18. The average molecular weight is 491 g/mol. The van der Waals surface area contributed by atoms with E-state index in [2.05, 4.69) is 20.0 Å². The second kappa shape index (κ2) is 10.2. The van der Waals surface area contributed by atoms with Crippen LogP contribution in [0.2, 0.25) is 0 Å². The van der Waals surface area contributed by atoms with Crippen LogP contribution in [-0.2, 0) is 10.0 Å². The van der Waals surface area contributed by atoms with Gasteiger partial charge in [-0.1, -0.05) is 36.4 Å². The summed E-state index contributed by atoms with van der Waals surface area (Å²) < 4.78 is 37.8. The van der Waals surface area contributed by atoms with E-state index >= 15 is 0 Å². The minimum atomic E-state index is -3.92. The topological polar surface area (TPSA) is 120 Å². The first-order valence-corrected chi connectivity index (χ1v) is 11.9. The zero-order valence-electron chi connectivity index (χ0n) is 18.9. The van der Waals surface area contributed by atoms with Crippen molar-refractivity contribution in [1.82, 2.24) is 9.97 Å². The van der Waals surface area contributed by atoms with Crippen LogP contribution in [0.4, 0.5) is 11.5 Å². The van der Waals surface area contributed by atoms with E-state index in [4.69, 9.17) is 9.47 Å². The van der Waals surface area contributed by atoms with Crippen molar-refractivity contribution in [1.29, 1.82) is 0 Å². The van der Waals surface area contributed by atoms with Gasteiger partial charge >= 0.3 is 6.01 Å². The highest BCUT2D eigenvalue weighted by atomic mass is 32.2. The number of nitrogens with one attached hydrogen (secondary N) is 2. The SMILES string of the molecule is COc1cc(NS(=O)(=O)c2ccc(NC=CC(=O)c3ccc4ccccc4c3)cc2)nc(OC)n1. The van der Waals surface area contributed by atoms with E-state index < -0.39 is 10.0 Å². The molecule has 0 spiro atoms. The molecule has 0 saturated carbocycles. The van der Waals surface area contributed by atoms with E-state index in [1.54, 1.807) is 18.2 Å².